The maximum absolute atomic E-state index is 12.9. The van der Waals surface area contributed by atoms with Gasteiger partial charge in [-0.2, -0.15) is 0 Å². The number of aryl methyl sites for hydroxylation is 2. The van der Waals surface area contributed by atoms with Crippen LogP contribution in [0.15, 0.2) is 36.4 Å². The SMILES string of the molecule is COCC[C@H]1CN(C(=O)c2ccc(-c3cc(C)c(OC)c(C)c3)cc2)CCO1. The van der Waals surface area contributed by atoms with Crippen molar-refractivity contribution >= 4 is 5.91 Å². The van der Waals surface area contributed by atoms with E-state index in [0.717, 1.165) is 34.4 Å². The summed E-state index contributed by atoms with van der Waals surface area (Å²) in [5, 5.41) is 0. The van der Waals surface area contributed by atoms with Gasteiger partial charge in [-0.3, -0.25) is 4.79 Å². The van der Waals surface area contributed by atoms with Gasteiger partial charge in [0.25, 0.3) is 5.91 Å². The molecule has 5 heteroatoms. The molecule has 1 saturated heterocycles. The number of nitrogens with zero attached hydrogens (tertiary/aromatic N) is 1. The van der Waals surface area contributed by atoms with E-state index >= 15 is 0 Å². The van der Waals surface area contributed by atoms with Crippen molar-refractivity contribution in [2.45, 2.75) is 26.4 Å². The summed E-state index contributed by atoms with van der Waals surface area (Å²) < 4.78 is 16.3. The molecule has 1 heterocycles. The van der Waals surface area contributed by atoms with Crippen LogP contribution >= 0.6 is 0 Å². The number of amides is 1. The summed E-state index contributed by atoms with van der Waals surface area (Å²) >= 11 is 0. The van der Waals surface area contributed by atoms with Crippen LogP contribution in [0.2, 0.25) is 0 Å². The van der Waals surface area contributed by atoms with Gasteiger partial charge in [-0.05, 0) is 66.8 Å². The first kappa shape index (κ1) is 20.4. The second kappa shape index (κ2) is 9.22. The van der Waals surface area contributed by atoms with Crippen molar-refractivity contribution in [1.82, 2.24) is 4.90 Å². The van der Waals surface area contributed by atoms with Crippen LogP contribution in [0.1, 0.15) is 27.9 Å². The second-order valence-corrected chi connectivity index (χ2v) is 7.25. The lowest BCUT2D eigenvalue weighted by atomic mass is 9.98. The molecule has 0 spiro atoms. The van der Waals surface area contributed by atoms with Gasteiger partial charge >= 0.3 is 0 Å². The molecule has 0 aliphatic carbocycles. The van der Waals surface area contributed by atoms with Gasteiger partial charge in [0.05, 0.1) is 19.8 Å². The van der Waals surface area contributed by atoms with Gasteiger partial charge in [-0.25, -0.2) is 0 Å². The fourth-order valence-corrected chi connectivity index (χ4v) is 3.75. The molecule has 28 heavy (non-hydrogen) atoms. The van der Waals surface area contributed by atoms with Crippen LogP contribution in [0.25, 0.3) is 11.1 Å². The fraction of sp³-hybridized carbons (Fsp3) is 0.435. The van der Waals surface area contributed by atoms with E-state index in [2.05, 4.69) is 12.1 Å². The zero-order valence-electron chi connectivity index (χ0n) is 17.2. The molecular weight excluding hydrogens is 354 g/mol. The molecule has 0 bridgehead atoms. The second-order valence-electron chi connectivity index (χ2n) is 7.25. The lowest BCUT2D eigenvalue weighted by Crippen LogP contribution is -2.45. The molecule has 2 aromatic carbocycles. The van der Waals surface area contributed by atoms with Crippen LogP contribution in [-0.2, 0) is 9.47 Å². The molecule has 1 aliphatic heterocycles. The van der Waals surface area contributed by atoms with E-state index < -0.39 is 0 Å². The number of ether oxygens (including phenoxy) is 3. The summed E-state index contributed by atoms with van der Waals surface area (Å²) in [6, 6.07) is 12.1. The number of carbonyl (C=O) groups is 1. The minimum absolute atomic E-state index is 0.0437. The highest BCUT2D eigenvalue weighted by Crippen LogP contribution is 2.30. The van der Waals surface area contributed by atoms with Crippen LogP contribution in [-0.4, -0.2) is 57.4 Å². The van der Waals surface area contributed by atoms with Crippen molar-refractivity contribution in [3.8, 4) is 16.9 Å². The zero-order chi connectivity index (χ0) is 20.1. The highest BCUT2D eigenvalue weighted by atomic mass is 16.5. The number of rotatable bonds is 6. The molecule has 0 radical (unpaired) electrons. The number of hydrogen-bond acceptors (Lipinski definition) is 4. The average Bonchev–Trinajstić information content (AvgIpc) is 2.72. The molecule has 5 nitrogen and oxygen atoms in total. The molecule has 0 unspecified atom stereocenters. The summed E-state index contributed by atoms with van der Waals surface area (Å²) in [4.78, 5) is 14.8. The van der Waals surface area contributed by atoms with Gasteiger partial charge in [0.1, 0.15) is 5.75 Å². The standard InChI is InChI=1S/C23H29NO4/c1-16-13-20(14-17(2)22(16)27-4)18-5-7-19(8-6-18)23(25)24-10-12-28-21(15-24)9-11-26-3/h5-8,13-14,21H,9-12,15H2,1-4H3/t21-/m0/s1. The van der Waals surface area contributed by atoms with Crippen molar-refractivity contribution in [3.63, 3.8) is 0 Å². The average molecular weight is 383 g/mol. The first-order valence-corrected chi connectivity index (χ1v) is 9.69. The molecule has 0 saturated carbocycles. The first-order chi connectivity index (χ1) is 13.5. The van der Waals surface area contributed by atoms with Gasteiger partial charge in [0, 0.05) is 32.4 Å². The van der Waals surface area contributed by atoms with Crippen LogP contribution in [0.5, 0.6) is 5.75 Å². The van der Waals surface area contributed by atoms with Crippen LogP contribution in [0.3, 0.4) is 0 Å². The topological polar surface area (TPSA) is 48.0 Å². The number of hydrogen-bond donors (Lipinski definition) is 0. The van der Waals surface area contributed by atoms with Gasteiger partial charge < -0.3 is 19.1 Å². The Labute approximate surface area is 167 Å². The molecule has 0 aromatic heterocycles. The molecule has 0 N–H and O–H groups in total. The smallest absolute Gasteiger partial charge is 0.254 e. The Kier molecular flexibility index (Phi) is 6.70. The predicted molar refractivity (Wildman–Crippen MR) is 110 cm³/mol. The fourth-order valence-electron chi connectivity index (χ4n) is 3.75. The summed E-state index contributed by atoms with van der Waals surface area (Å²) in [6.45, 7) is 6.55. The Bertz CT molecular complexity index is 793. The first-order valence-electron chi connectivity index (χ1n) is 9.69. The van der Waals surface area contributed by atoms with E-state index in [9.17, 15) is 4.79 Å². The summed E-state index contributed by atoms with van der Waals surface area (Å²) in [6.07, 6.45) is 0.845. The molecule has 2 aromatic rings. The van der Waals surface area contributed by atoms with Crippen molar-refractivity contribution in [1.29, 1.82) is 0 Å². The Morgan fingerprint density at radius 3 is 2.39 bits per heavy atom. The molecule has 1 atom stereocenters. The Hall–Kier alpha value is -2.37. The third kappa shape index (κ3) is 4.54. The number of morpholine rings is 1. The molecule has 1 aliphatic rings. The molecule has 150 valence electrons. The quantitative estimate of drug-likeness (QED) is 0.760. The Balaban J connectivity index is 1.73. The highest BCUT2D eigenvalue weighted by Gasteiger charge is 2.24. The zero-order valence-corrected chi connectivity index (χ0v) is 17.2. The van der Waals surface area contributed by atoms with E-state index in [4.69, 9.17) is 14.2 Å². The predicted octanol–water partition coefficient (Wildman–Crippen LogP) is 3.86. The molecule has 1 amide bonds. The number of benzene rings is 2. The largest absolute Gasteiger partial charge is 0.496 e. The molecular formula is C23H29NO4. The van der Waals surface area contributed by atoms with E-state index in [1.54, 1.807) is 14.2 Å². The van der Waals surface area contributed by atoms with Crippen LogP contribution in [0.4, 0.5) is 0 Å². The minimum atomic E-state index is 0.0437. The van der Waals surface area contributed by atoms with Gasteiger partial charge in [-0.15, -0.1) is 0 Å². The van der Waals surface area contributed by atoms with Gasteiger partial charge in [0.15, 0.2) is 0 Å². The van der Waals surface area contributed by atoms with Crippen LogP contribution < -0.4 is 4.74 Å². The maximum Gasteiger partial charge on any atom is 0.254 e. The van der Waals surface area contributed by atoms with E-state index in [0.29, 0.717) is 31.9 Å². The van der Waals surface area contributed by atoms with Crippen molar-refractivity contribution in [2.75, 3.05) is 40.5 Å². The molecule has 3 rings (SSSR count). The monoisotopic (exact) mass is 383 g/mol. The van der Waals surface area contributed by atoms with Gasteiger partial charge in [0.2, 0.25) is 0 Å². The summed E-state index contributed by atoms with van der Waals surface area (Å²) in [5.74, 6) is 0.977. The minimum Gasteiger partial charge on any atom is -0.496 e. The molecule has 1 fully saturated rings. The van der Waals surface area contributed by atoms with E-state index in [-0.39, 0.29) is 12.0 Å². The normalized spacial score (nSPS) is 16.9. The Morgan fingerprint density at radius 1 is 1.11 bits per heavy atom. The van der Waals surface area contributed by atoms with E-state index in [1.807, 2.05) is 43.0 Å². The summed E-state index contributed by atoms with van der Waals surface area (Å²) in [7, 11) is 3.37. The Morgan fingerprint density at radius 2 is 1.79 bits per heavy atom. The summed E-state index contributed by atoms with van der Waals surface area (Å²) in [5.41, 5.74) is 5.13. The van der Waals surface area contributed by atoms with Crippen LogP contribution in [0, 0.1) is 13.8 Å². The van der Waals surface area contributed by atoms with Gasteiger partial charge in [-0.1, -0.05) is 12.1 Å². The van der Waals surface area contributed by atoms with E-state index in [1.165, 1.54) is 0 Å². The maximum atomic E-state index is 12.9. The number of carbonyl (C=O) groups excluding carboxylic acids is 1. The lowest BCUT2D eigenvalue weighted by Gasteiger charge is -2.33. The third-order valence-corrected chi connectivity index (χ3v) is 5.20. The lowest BCUT2D eigenvalue weighted by molar-refractivity contribution is -0.0332. The number of methoxy groups -OCH3 is 2. The third-order valence-electron chi connectivity index (χ3n) is 5.20. The van der Waals surface area contributed by atoms with Crippen molar-refractivity contribution in [3.05, 3.63) is 53.1 Å². The van der Waals surface area contributed by atoms with Crippen molar-refractivity contribution < 1.29 is 19.0 Å². The highest BCUT2D eigenvalue weighted by molar-refractivity contribution is 5.94. The van der Waals surface area contributed by atoms with Crippen molar-refractivity contribution in [2.24, 2.45) is 0 Å².